The van der Waals surface area contributed by atoms with Gasteiger partial charge in [-0.1, -0.05) is 44.0 Å². The third-order valence-electron chi connectivity index (χ3n) is 3.13. The number of benzene rings is 1. The Morgan fingerprint density at radius 2 is 2.09 bits per heavy atom. The Kier molecular flexibility index (Phi) is 5.14. The highest BCUT2D eigenvalue weighted by Gasteiger charge is 2.32. The largest absolute Gasteiger partial charge is 0.479 e. The van der Waals surface area contributed by atoms with Crippen LogP contribution >= 0.6 is 23.2 Å². The van der Waals surface area contributed by atoms with Crippen LogP contribution in [0.5, 0.6) is 5.75 Å². The van der Waals surface area contributed by atoms with Gasteiger partial charge < -0.3 is 9.30 Å². The van der Waals surface area contributed by atoms with E-state index in [1.807, 2.05) is 20.8 Å². The highest BCUT2D eigenvalue weighted by Crippen LogP contribution is 2.30. The molecule has 0 aliphatic carbocycles. The van der Waals surface area contributed by atoms with Gasteiger partial charge in [0.1, 0.15) is 5.75 Å². The second kappa shape index (κ2) is 6.71. The van der Waals surface area contributed by atoms with Crippen molar-refractivity contribution in [3.05, 3.63) is 47.0 Å². The molecule has 118 valence electrons. The van der Waals surface area contributed by atoms with Crippen molar-refractivity contribution in [1.82, 2.24) is 9.55 Å². The van der Waals surface area contributed by atoms with E-state index in [2.05, 4.69) is 4.98 Å². The molecule has 0 aliphatic heterocycles. The van der Waals surface area contributed by atoms with Crippen LogP contribution in [-0.4, -0.2) is 21.4 Å². The first-order chi connectivity index (χ1) is 10.3. The van der Waals surface area contributed by atoms with Crippen LogP contribution in [-0.2, 0) is 11.3 Å². The number of hydrogen-bond donors (Lipinski definition) is 0. The number of imidazole rings is 1. The summed E-state index contributed by atoms with van der Waals surface area (Å²) < 4.78 is 7.68. The number of nitrogens with zero attached hydrogens (tertiary/aromatic N) is 2. The third-order valence-corrected chi connectivity index (χ3v) is 3.66. The van der Waals surface area contributed by atoms with Crippen molar-refractivity contribution in [3.8, 4) is 5.75 Å². The first-order valence-electron chi connectivity index (χ1n) is 6.89. The van der Waals surface area contributed by atoms with E-state index in [9.17, 15) is 4.79 Å². The standard InChI is InChI=1S/C16H18Cl2N2O2/c1-16(2,3)15(21)14(9-20-7-6-19-10-20)22-13-5-4-11(17)8-12(13)18/h4-8,10,14H,9H2,1-3H3/t14-/m1/s1. The molecule has 1 aromatic heterocycles. The topological polar surface area (TPSA) is 44.1 Å². The van der Waals surface area contributed by atoms with Crippen molar-refractivity contribution >= 4 is 29.0 Å². The lowest BCUT2D eigenvalue weighted by atomic mass is 9.87. The smallest absolute Gasteiger partial charge is 0.180 e. The average molecular weight is 341 g/mol. The third kappa shape index (κ3) is 4.24. The monoisotopic (exact) mass is 340 g/mol. The lowest BCUT2D eigenvalue weighted by Gasteiger charge is -2.26. The van der Waals surface area contributed by atoms with E-state index in [-0.39, 0.29) is 5.78 Å². The summed E-state index contributed by atoms with van der Waals surface area (Å²) in [6, 6.07) is 4.94. The van der Waals surface area contributed by atoms with Gasteiger partial charge in [0.15, 0.2) is 11.9 Å². The normalized spacial score (nSPS) is 13.0. The summed E-state index contributed by atoms with van der Waals surface area (Å²) in [6.45, 7) is 5.96. The molecule has 0 spiro atoms. The second-order valence-corrected chi connectivity index (χ2v) is 6.90. The van der Waals surface area contributed by atoms with Gasteiger partial charge >= 0.3 is 0 Å². The van der Waals surface area contributed by atoms with Crippen LogP contribution in [0.25, 0.3) is 0 Å². The molecule has 4 nitrogen and oxygen atoms in total. The molecule has 2 aromatic rings. The van der Waals surface area contributed by atoms with Crippen molar-refractivity contribution in [2.45, 2.75) is 33.4 Å². The highest BCUT2D eigenvalue weighted by atomic mass is 35.5. The van der Waals surface area contributed by atoms with E-state index in [1.54, 1.807) is 41.5 Å². The first-order valence-corrected chi connectivity index (χ1v) is 7.65. The fourth-order valence-electron chi connectivity index (χ4n) is 1.97. The van der Waals surface area contributed by atoms with Crippen molar-refractivity contribution in [1.29, 1.82) is 0 Å². The number of ether oxygens (including phenoxy) is 1. The van der Waals surface area contributed by atoms with Gasteiger partial charge in [0.05, 0.1) is 17.9 Å². The SMILES string of the molecule is CC(C)(C)C(=O)[C@@H](Cn1ccnc1)Oc1ccc(Cl)cc1Cl. The number of Topliss-reactive ketones (excluding diaryl/α,β-unsaturated/α-hetero) is 1. The van der Waals surface area contributed by atoms with Gasteiger partial charge in [-0.05, 0) is 18.2 Å². The van der Waals surface area contributed by atoms with E-state index in [0.717, 1.165) is 0 Å². The molecule has 0 N–H and O–H groups in total. The molecular weight excluding hydrogens is 323 g/mol. The van der Waals surface area contributed by atoms with Crippen LogP contribution in [0, 0.1) is 5.41 Å². The van der Waals surface area contributed by atoms with E-state index in [1.165, 1.54) is 0 Å². The minimum Gasteiger partial charge on any atom is -0.479 e. The van der Waals surface area contributed by atoms with Crippen molar-refractivity contribution < 1.29 is 9.53 Å². The van der Waals surface area contributed by atoms with Crippen LogP contribution in [0.4, 0.5) is 0 Å². The predicted octanol–water partition coefficient (Wildman–Crippen LogP) is 4.25. The van der Waals surface area contributed by atoms with E-state index >= 15 is 0 Å². The van der Waals surface area contributed by atoms with E-state index in [4.69, 9.17) is 27.9 Å². The van der Waals surface area contributed by atoms with Crippen LogP contribution < -0.4 is 4.74 Å². The van der Waals surface area contributed by atoms with E-state index < -0.39 is 11.5 Å². The maximum Gasteiger partial charge on any atom is 0.180 e. The summed E-state index contributed by atoms with van der Waals surface area (Å²) in [5.41, 5.74) is -0.524. The molecule has 0 fully saturated rings. The Balaban J connectivity index is 2.25. The molecule has 1 atom stereocenters. The molecule has 1 aromatic carbocycles. The number of ketones is 1. The minimum absolute atomic E-state index is 0.00721. The number of carbonyl (C=O) groups is 1. The lowest BCUT2D eigenvalue weighted by molar-refractivity contribution is -0.134. The van der Waals surface area contributed by atoms with Crippen LogP contribution in [0.3, 0.4) is 0 Å². The number of rotatable bonds is 5. The molecule has 0 aliphatic rings. The zero-order valence-corrected chi connectivity index (χ0v) is 14.2. The van der Waals surface area contributed by atoms with Gasteiger partial charge in [0, 0.05) is 22.8 Å². The Bertz CT molecular complexity index is 649. The number of carbonyl (C=O) groups excluding carboxylic acids is 1. The molecule has 22 heavy (non-hydrogen) atoms. The molecule has 1 heterocycles. The Hall–Kier alpha value is -1.52. The summed E-state index contributed by atoms with van der Waals surface area (Å²) in [5, 5.41) is 0.899. The second-order valence-electron chi connectivity index (χ2n) is 6.05. The number of aromatic nitrogens is 2. The molecule has 0 saturated carbocycles. The lowest BCUT2D eigenvalue weighted by Crippen LogP contribution is -2.39. The Morgan fingerprint density at radius 1 is 1.36 bits per heavy atom. The zero-order chi connectivity index (χ0) is 16.3. The van der Waals surface area contributed by atoms with Crippen LogP contribution in [0.2, 0.25) is 10.0 Å². The highest BCUT2D eigenvalue weighted by molar-refractivity contribution is 6.35. The average Bonchev–Trinajstić information content (AvgIpc) is 2.92. The predicted molar refractivity (Wildman–Crippen MR) is 87.6 cm³/mol. The maximum atomic E-state index is 12.6. The fraction of sp³-hybridized carbons (Fsp3) is 0.375. The number of halogens is 2. The van der Waals surface area contributed by atoms with Crippen LogP contribution in [0.1, 0.15) is 20.8 Å². The van der Waals surface area contributed by atoms with Crippen molar-refractivity contribution in [2.75, 3.05) is 0 Å². The molecular formula is C16H18Cl2N2O2. The Morgan fingerprint density at radius 3 is 2.64 bits per heavy atom. The molecule has 6 heteroatoms. The maximum absolute atomic E-state index is 12.6. The van der Waals surface area contributed by atoms with Gasteiger partial charge in [-0.3, -0.25) is 4.79 Å². The summed E-state index contributed by atoms with van der Waals surface area (Å²) in [6.07, 6.45) is 4.44. The van der Waals surface area contributed by atoms with Gasteiger partial charge in [-0.25, -0.2) is 4.98 Å². The van der Waals surface area contributed by atoms with Gasteiger partial charge in [-0.15, -0.1) is 0 Å². The van der Waals surface area contributed by atoms with Crippen molar-refractivity contribution in [2.24, 2.45) is 5.41 Å². The quantitative estimate of drug-likeness (QED) is 0.816. The molecule has 0 saturated heterocycles. The van der Waals surface area contributed by atoms with Gasteiger partial charge in [0.25, 0.3) is 0 Å². The zero-order valence-electron chi connectivity index (χ0n) is 12.7. The van der Waals surface area contributed by atoms with Gasteiger partial charge in [0.2, 0.25) is 0 Å². The van der Waals surface area contributed by atoms with Crippen LogP contribution in [0.15, 0.2) is 36.9 Å². The minimum atomic E-state index is -0.659. The summed E-state index contributed by atoms with van der Waals surface area (Å²) >= 11 is 12.0. The molecule has 2 rings (SSSR count). The summed E-state index contributed by atoms with van der Waals surface area (Å²) in [4.78, 5) is 16.6. The molecule has 0 unspecified atom stereocenters. The fourth-order valence-corrected chi connectivity index (χ4v) is 2.42. The molecule has 0 radical (unpaired) electrons. The first kappa shape index (κ1) is 16.8. The molecule has 0 amide bonds. The number of hydrogen-bond acceptors (Lipinski definition) is 3. The Labute approximate surface area is 140 Å². The summed E-state index contributed by atoms with van der Waals surface area (Å²) in [5.74, 6) is 0.431. The van der Waals surface area contributed by atoms with Crippen molar-refractivity contribution in [3.63, 3.8) is 0 Å². The van der Waals surface area contributed by atoms with E-state index in [0.29, 0.717) is 22.3 Å². The van der Waals surface area contributed by atoms with Gasteiger partial charge in [-0.2, -0.15) is 0 Å². The summed E-state index contributed by atoms with van der Waals surface area (Å²) in [7, 11) is 0. The molecule has 0 bridgehead atoms.